The molecule has 2 unspecified atom stereocenters. The molecule has 2 nitrogen and oxygen atoms in total. The SMILES string of the molecule is CCc1ccc(CC(O)C2(C)CCCO2)cc1. The molecule has 1 aromatic carbocycles. The Balaban J connectivity index is 1.99. The second-order valence-corrected chi connectivity index (χ2v) is 5.15. The number of hydrogen-bond acceptors (Lipinski definition) is 2. The van der Waals surface area contributed by atoms with Gasteiger partial charge in [-0.3, -0.25) is 0 Å². The Kier molecular flexibility index (Phi) is 3.85. The highest BCUT2D eigenvalue weighted by atomic mass is 16.5. The van der Waals surface area contributed by atoms with E-state index in [1.54, 1.807) is 0 Å². The number of ether oxygens (including phenoxy) is 1. The van der Waals surface area contributed by atoms with Crippen molar-refractivity contribution in [3.05, 3.63) is 35.4 Å². The van der Waals surface area contributed by atoms with Crippen LogP contribution in [0.2, 0.25) is 0 Å². The first kappa shape index (κ1) is 12.6. The standard InChI is InChI=1S/C15H22O2/c1-3-12-5-7-13(8-6-12)11-14(16)15(2)9-4-10-17-15/h5-8,14,16H,3-4,9-11H2,1-2H3. The number of hydrogen-bond donors (Lipinski definition) is 1. The van der Waals surface area contributed by atoms with Crippen LogP contribution in [-0.4, -0.2) is 23.4 Å². The quantitative estimate of drug-likeness (QED) is 0.868. The first-order valence-corrected chi connectivity index (χ1v) is 6.54. The second-order valence-electron chi connectivity index (χ2n) is 5.15. The fourth-order valence-corrected chi connectivity index (χ4v) is 2.41. The van der Waals surface area contributed by atoms with Gasteiger partial charge in [-0.1, -0.05) is 31.2 Å². The van der Waals surface area contributed by atoms with Crippen molar-refractivity contribution in [1.29, 1.82) is 0 Å². The van der Waals surface area contributed by atoms with Gasteiger partial charge in [0.1, 0.15) is 0 Å². The summed E-state index contributed by atoms with van der Waals surface area (Å²) < 4.78 is 5.67. The van der Waals surface area contributed by atoms with E-state index in [9.17, 15) is 5.11 Å². The minimum absolute atomic E-state index is 0.344. The van der Waals surface area contributed by atoms with Gasteiger partial charge in [-0.2, -0.15) is 0 Å². The van der Waals surface area contributed by atoms with Crippen molar-refractivity contribution in [2.24, 2.45) is 0 Å². The molecule has 17 heavy (non-hydrogen) atoms. The molecule has 1 heterocycles. The topological polar surface area (TPSA) is 29.5 Å². The first-order valence-electron chi connectivity index (χ1n) is 6.54. The third-order valence-electron chi connectivity index (χ3n) is 3.81. The number of benzene rings is 1. The number of aryl methyl sites for hydroxylation is 1. The Bertz CT molecular complexity index is 350. The molecule has 0 amide bonds. The molecule has 94 valence electrons. The average Bonchev–Trinajstić information content (AvgIpc) is 2.78. The van der Waals surface area contributed by atoms with Crippen molar-refractivity contribution >= 4 is 0 Å². The average molecular weight is 234 g/mol. The molecule has 1 N–H and O–H groups in total. The fourth-order valence-electron chi connectivity index (χ4n) is 2.41. The molecule has 0 spiro atoms. The molecule has 0 saturated carbocycles. The number of aliphatic hydroxyl groups is 1. The molecular formula is C15H22O2. The van der Waals surface area contributed by atoms with Crippen LogP contribution in [0.25, 0.3) is 0 Å². The van der Waals surface area contributed by atoms with Crippen LogP contribution in [0.4, 0.5) is 0 Å². The van der Waals surface area contributed by atoms with Crippen LogP contribution in [0.15, 0.2) is 24.3 Å². The van der Waals surface area contributed by atoms with Crippen molar-refractivity contribution < 1.29 is 9.84 Å². The van der Waals surface area contributed by atoms with Gasteiger partial charge >= 0.3 is 0 Å². The fraction of sp³-hybridized carbons (Fsp3) is 0.600. The molecule has 1 aromatic rings. The van der Waals surface area contributed by atoms with Crippen LogP contribution in [0.1, 0.15) is 37.8 Å². The Morgan fingerprint density at radius 3 is 2.47 bits per heavy atom. The summed E-state index contributed by atoms with van der Waals surface area (Å²) in [6, 6.07) is 8.50. The normalized spacial score (nSPS) is 26.1. The lowest BCUT2D eigenvalue weighted by Gasteiger charge is -2.29. The van der Waals surface area contributed by atoms with E-state index >= 15 is 0 Å². The highest BCUT2D eigenvalue weighted by Gasteiger charge is 2.37. The summed E-state index contributed by atoms with van der Waals surface area (Å²) in [5.41, 5.74) is 2.18. The lowest BCUT2D eigenvalue weighted by atomic mass is 9.90. The van der Waals surface area contributed by atoms with Crippen LogP contribution in [-0.2, 0) is 17.6 Å². The molecule has 0 radical (unpaired) electrons. The van der Waals surface area contributed by atoms with Crippen molar-refractivity contribution in [3.8, 4) is 0 Å². The van der Waals surface area contributed by atoms with Crippen molar-refractivity contribution in [3.63, 3.8) is 0 Å². The molecule has 1 fully saturated rings. The maximum absolute atomic E-state index is 10.3. The molecule has 2 heteroatoms. The van der Waals surface area contributed by atoms with Gasteiger partial charge in [0, 0.05) is 13.0 Å². The van der Waals surface area contributed by atoms with E-state index in [0.29, 0.717) is 6.42 Å². The minimum Gasteiger partial charge on any atom is -0.390 e. The van der Waals surface area contributed by atoms with E-state index in [1.807, 2.05) is 6.92 Å². The summed E-state index contributed by atoms with van der Waals surface area (Å²) in [4.78, 5) is 0. The molecule has 1 aliphatic heterocycles. The van der Waals surface area contributed by atoms with Gasteiger partial charge in [0.15, 0.2) is 0 Å². The number of aliphatic hydroxyl groups excluding tert-OH is 1. The van der Waals surface area contributed by atoms with Crippen molar-refractivity contribution in [2.75, 3.05) is 6.61 Å². The smallest absolute Gasteiger partial charge is 0.0916 e. The van der Waals surface area contributed by atoms with E-state index in [4.69, 9.17) is 4.74 Å². The van der Waals surface area contributed by atoms with Crippen LogP contribution in [0.5, 0.6) is 0 Å². The second kappa shape index (κ2) is 5.19. The molecular weight excluding hydrogens is 212 g/mol. The van der Waals surface area contributed by atoms with E-state index in [2.05, 4.69) is 31.2 Å². The molecule has 0 bridgehead atoms. The summed E-state index contributed by atoms with van der Waals surface area (Å²) in [5, 5.41) is 10.3. The van der Waals surface area contributed by atoms with E-state index in [1.165, 1.54) is 11.1 Å². The molecule has 1 saturated heterocycles. The van der Waals surface area contributed by atoms with E-state index < -0.39 is 6.10 Å². The van der Waals surface area contributed by atoms with Crippen LogP contribution in [0.3, 0.4) is 0 Å². The zero-order valence-corrected chi connectivity index (χ0v) is 10.8. The van der Waals surface area contributed by atoms with E-state index in [0.717, 1.165) is 25.9 Å². The maximum atomic E-state index is 10.3. The first-order chi connectivity index (χ1) is 8.14. The van der Waals surface area contributed by atoms with Crippen molar-refractivity contribution in [2.45, 2.75) is 51.2 Å². The minimum atomic E-state index is -0.405. The molecule has 2 rings (SSSR count). The number of rotatable bonds is 4. The van der Waals surface area contributed by atoms with E-state index in [-0.39, 0.29) is 5.60 Å². The maximum Gasteiger partial charge on any atom is 0.0916 e. The predicted octanol–water partition coefficient (Wildman–Crippen LogP) is 2.72. The summed E-state index contributed by atoms with van der Waals surface area (Å²) in [7, 11) is 0. The Morgan fingerprint density at radius 1 is 1.29 bits per heavy atom. The summed E-state index contributed by atoms with van der Waals surface area (Å²) in [6.45, 7) is 4.95. The molecule has 1 aliphatic rings. The Morgan fingerprint density at radius 2 is 1.94 bits per heavy atom. The largest absolute Gasteiger partial charge is 0.390 e. The van der Waals surface area contributed by atoms with Crippen LogP contribution in [0, 0.1) is 0 Å². The molecule has 2 atom stereocenters. The predicted molar refractivity (Wildman–Crippen MR) is 69.1 cm³/mol. The van der Waals surface area contributed by atoms with Gasteiger partial charge in [-0.05, 0) is 37.3 Å². The van der Waals surface area contributed by atoms with Gasteiger partial charge in [0.2, 0.25) is 0 Å². The molecule has 0 aliphatic carbocycles. The lowest BCUT2D eigenvalue weighted by molar-refractivity contribution is -0.0768. The highest BCUT2D eigenvalue weighted by molar-refractivity contribution is 5.23. The monoisotopic (exact) mass is 234 g/mol. The lowest BCUT2D eigenvalue weighted by Crippen LogP contribution is -2.40. The summed E-state index contributed by atoms with van der Waals surface area (Å²) >= 11 is 0. The summed E-state index contributed by atoms with van der Waals surface area (Å²) in [6.07, 6.45) is 3.35. The Labute approximate surface area is 104 Å². The van der Waals surface area contributed by atoms with Gasteiger partial charge in [0.05, 0.1) is 11.7 Å². The van der Waals surface area contributed by atoms with Gasteiger partial charge in [-0.15, -0.1) is 0 Å². The van der Waals surface area contributed by atoms with Gasteiger partial charge < -0.3 is 9.84 Å². The third kappa shape index (κ3) is 2.88. The Hall–Kier alpha value is -0.860. The van der Waals surface area contributed by atoms with Crippen LogP contribution >= 0.6 is 0 Å². The zero-order valence-electron chi connectivity index (χ0n) is 10.8. The van der Waals surface area contributed by atoms with Gasteiger partial charge in [-0.25, -0.2) is 0 Å². The van der Waals surface area contributed by atoms with Crippen LogP contribution < -0.4 is 0 Å². The summed E-state index contributed by atoms with van der Waals surface area (Å²) in [5.74, 6) is 0. The van der Waals surface area contributed by atoms with Crippen molar-refractivity contribution in [1.82, 2.24) is 0 Å². The highest BCUT2D eigenvalue weighted by Crippen LogP contribution is 2.30. The molecule has 0 aromatic heterocycles. The van der Waals surface area contributed by atoms with Gasteiger partial charge in [0.25, 0.3) is 0 Å². The zero-order chi connectivity index (χ0) is 12.3. The third-order valence-corrected chi connectivity index (χ3v) is 3.81.